The predicted molar refractivity (Wildman–Crippen MR) is 213 cm³/mol. The Labute approximate surface area is 323 Å². The summed E-state index contributed by atoms with van der Waals surface area (Å²) < 4.78 is 0. The molecule has 1 heterocycles. The molecule has 3 rings (SSSR count). The molecule has 11 N–H and O–H groups in total. The van der Waals surface area contributed by atoms with Gasteiger partial charge in [0.1, 0.15) is 18.4 Å². The van der Waals surface area contributed by atoms with Gasteiger partial charge >= 0.3 is 0 Å². The molecule has 2 aromatic rings. The molecule has 0 aromatic heterocycles. The Morgan fingerprint density at radius 1 is 0.648 bits per heavy atom. The molecule has 2 aromatic carbocycles. The topological polar surface area (TPSA) is 227 Å². The van der Waals surface area contributed by atoms with Gasteiger partial charge in [-0.2, -0.15) is 11.8 Å². The smallest absolute Gasteiger partial charge is 0.251 e. The summed E-state index contributed by atoms with van der Waals surface area (Å²) in [5.41, 5.74) is 2.60. The highest BCUT2D eigenvalue weighted by molar-refractivity contribution is 8.00. The SMILES string of the molecule is O=C(NCCN(CCNC(=O)c1ccc(NCCCC(O)C(O)CO)cc1)[C@H](O)CCCCC1CCCS1)c1ccc(NCCCC(O)C(O)CO)cc1. The van der Waals surface area contributed by atoms with Crippen LogP contribution in [0.15, 0.2) is 48.5 Å². The fourth-order valence-corrected chi connectivity index (χ4v) is 7.52. The highest BCUT2D eigenvalue weighted by Gasteiger charge is 2.19. The molecule has 0 saturated carbocycles. The highest BCUT2D eigenvalue weighted by atomic mass is 32.2. The number of carbonyl (C=O) groups is 2. The number of unbranched alkanes of at least 4 members (excludes halogenated alkanes) is 1. The molecule has 1 aliphatic rings. The van der Waals surface area contributed by atoms with Crippen molar-refractivity contribution in [3.8, 4) is 0 Å². The van der Waals surface area contributed by atoms with Crippen LogP contribution in [-0.4, -0.2) is 147 Å². The maximum absolute atomic E-state index is 12.9. The minimum absolute atomic E-state index is 0.240. The van der Waals surface area contributed by atoms with E-state index in [1.54, 1.807) is 48.5 Å². The third-order valence-electron chi connectivity index (χ3n) is 9.62. The van der Waals surface area contributed by atoms with Crippen LogP contribution in [0.3, 0.4) is 0 Å². The molecule has 2 amide bonds. The summed E-state index contributed by atoms with van der Waals surface area (Å²) in [5, 5.41) is 80.5. The van der Waals surface area contributed by atoms with Gasteiger partial charge in [-0.05, 0) is 112 Å². The van der Waals surface area contributed by atoms with E-state index in [4.69, 9.17) is 10.2 Å². The van der Waals surface area contributed by atoms with Gasteiger partial charge < -0.3 is 57.0 Å². The van der Waals surface area contributed by atoms with Gasteiger partial charge in [-0.3, -0.25) is 14.5 Å². The van der Waals surface area contributed by atoms with Crippen molar-refractivity contribution < 1.29 is 45.3 Å². The Morgan fingerprint density at radius 2 is 1.13 bits per heavy atom. The Balaban J connectivity index is 1.43. The van der Waals surface area contributed by atoms with Crippen LogP contribution in [0.2, 0.25) is 0 Å². The van der Waals surface area contributed by atoms with Crippen molar-refractivity contribution in [1.82, 2.24) is 15.5 Å². The quantitative estimate of drug-likeness (QED) is 0.0438. The molecule has 0 aliphatic carbocycles. The number of anilines is 2. The Hall–Kier alpha value is -2.99. The number of benzene rings is 2. The van der Waals surface area contributed by atoms with Crippen LogP contribution >= 0.6 is 11.8 Å². The maximum Gasteiger partial charge on any atom is 0.251 e. The lowest BCUT2D eigenvalue weighted by atomic mass is 10.1. The van der Waals surface area contributed by atoms with Crippen LogP contribution in [0.1, 0.15) is 84.9 Å². The summed E-state index contributed by atoms with van der Waals surface area (Å²) in [6.45, 7) is 1.54. The van der Waals surface area contributed by atoms with E-state index < -0.39 is 43.9 Å². The van der Waals surface area contributed by atoms with Gasteiger partial charge in [0.15, 0.2) is 0 Å². The molecular weight excluding hydrogens is 715 g/mol. The average Bonchev–Trinajstić information content (AvgIpc) is 3.72. The van der Waals surface area contributed by atoms with Crippen molar-refractivity contribution in [3.63, 3.8) is 0 Å². The summed E-state index contributed by atoms with van der Waals surface area (Å²) >= 11 is 2.04. The van der Waals surface area contributed by atoms with E-state index in [0.717, 1.165) is 35.9 Å². The van der Waals surface area contributed by atoms with Gasteiger partial charge in [0.25, 0.3) is 11.8 Å². The number of aliphatic hydroxyl groups is 7. The first kappa shape index (κ1) is 45.4. The summed E-state index contributed by atoms with van der Waals surface area (Å²) in [4.78, 5) is 27.7. The van der Waals surface area contributed by atoms with E-state index in [0.29, 0.717) is 82.5 Å². The summed E-state index contributed by atoms with van der Waals surface area (Å²) in [7, 11) is 0. The molecule has 0 bridgehead atoms. The first-order valence-corrected chi connectivity index (χ1v) is 20.4. The number of rotatable bonds is 28. The highest BCUT2D eigenvalue weighted by Crippen LogP contribution is 2.30. The number of aliphatic hydroxyl groups excluding tert-OH is 7. The van der Waals surface area contributed by atoms with E-state index in [-0.39, 0.29) is 11.8 Å². The standard InChI is InChI=1S/C39H63N5O9S/c45-26-35(49)33(47)8-3-19-40-30-15-11-28(12-16-30)38(52)42-21-23-44(37(51)10-2-1-6-32-7-5-25-54-32)24-22-43-39(53)29-13-17-31(18-14-29)41-20-4-9-34(48)36(50)27-46/h11-18,32-37,40-41,45-51H,1-10,19-27H2,(H,42,52)(H,43,53)/t32?,33?,34?,35?,36?,37-/m1/s1. The lowest BCUT2D eigenvalue weighted by molar-refractivity contribution is -0.0179. The van der Waals surface area contributed by atoms with E-state index in [1.807, 2.05) is 16.7 Å². The first-order valence-electron chi connectivity index (χ1n) is 19.3. The first-order chi connectivity index (χ1) is 26.1. The van der Waals surface area contributed by atoms with Crippen molar-refractivity contribution in [2.24, 2.45) is 0 Å². The zero-order chi connectivity index (χ0) is 39.1. The lowest BCUT2D eigenvalue weighted by Gasteiger charge is -2.28. The van der Waals surface area contributed by atoms with Crippen molar-refractivity contribution in [3.05, 3.63) is 59.7 Å². The van der Waals surface area contributed by atoms with Crippen molar-refractivity contribution >= 4 is 35.0 Å². The number of thioether (sulfide) groups is 1. The van der Waals surface area contributed by atoms with Crippen LogP contribution in [0, 0.1) is 0 Å². The maximum atomic E-state index is 12.9. The van der Waals surface area contributed by atoms with Gasteiger partial charge in [-0.25, -0.2) is 0 Å². The number of hydrogen-bond donors (Lipinski definition) is 11. The molecule has 5 unspecified atom stereocenters. The fourth-order valence-electron chi connectivity index (χ4n) is 6.19. The second-order valence-corrected chi connectivity index (χ2v) is 15.3. The minimum Gasteiger partial charge on any atom is -0.394 e. The van der Waals surface area contributed by atoms with Crippen LogP contribution < -0.4 is 21.3 Å². The molecular formula is C39H63N5O9S. The number of carbonyl (C=O) groups excluding carboxylic acids is 2. The summed E-state index contributed by atoms with van der Waals surface area (Å²) in [5.74, 6) is 0.752. The fraction of sp³-hybridized carbons (Fsp3) is 0.641. The van der Waals surface area contributed by atoms with Crippen LogP contribution in [0.5, 0.6) is 0 Å². The molecule has 1 aliphatic heterocycles. The minimum atomic E-state index is -1.15. The second kappa shape index (κ2) is 26.0. The number of amides is 2. The second-order valence-electron chi connectivity index (χ2n) is 13.9. The number of nitrogens with one attached hydrogen (secondary N) is 4. The monoisotopic (exact) mass is 777 g/mol. The van der Waals surface area contributed by atoms with Crippen molar-refractivity contribution in [2.45, 2.75) is 100 Å². The number of hydrogen-bond acceptors (Lipinski definition) is 13. The molecule has 15 heteroatoms. The molecule has 54 heavy (non-hydrogen) atoms. The van der Waals surface area contributed by atoms with Gasteiger partial charge in [-0.15, -0.1) is 0 Å². The zero-order valence-electron chi connectivity index (χ0n) is 31.3. The zero-order valence-corrected chi connectivity index (χ0v) is 32.1. The lowest BCUT2D eigenvalue weighted by Crippen LogP contribution is -2.44. The van der Waals surface area contributed by atoms with Crippen LogP contribution in [0.25, 0.3) is 0 Å². The van der Waals surface area contributed by atoms with Crippen molar-refractivity contribution in [1.29, 1.82) is 0 Å². The normalized spacial score (nSPS) is 17.1. The van der Waals surface area contributed by atoms with Crippen molar-refractivity contribution in [2.75, 3.05) is 68.9 Å². The Morgan fingerprint density at radius 3 is 1.56 bits per heavy atom. The molecule has 6 atom stereocenters. The summed E-state index contributed by atoms with van der Waals surface area (Å²) in [6.07, 6.45) is 3.14. The third-order valence-corrected chi connectivity index (χ3v) is 11.1. The largest absolute Gasteiger partial charge is 0.394 e. The Bertz CT molecular complexity index is 1240. The molecule has 1 fully saturated rings. The van der Waals surface area contributed by atoms with E-state index in [9.17, 15) is 35.1 Å². The molecule has 14 nitrogen and oxygen atoms in total. The van der Waals surface area contributed by atoms with Crippen LogP contribution in [-0.2, 0) is 0 Å². The number of nitrogens with zero attached hydrogens (tertiary/aromatic N) is 1. The van der Waals surface area contributed by atoms with E-state index >= 15 is 0 Å². The van der Waals surface area contributed by atoms with Crippen LogP contribution in [0.4, 0.5) is 11.4 Å². The summed E-state index contributed by atoms with van der Waals surface area (Å²) in [6, 6.07) is 14.0. The van der Waals surface area contributed by atoms with E-state index in [2.05, 4.69) is 21.3 Å². The van der Waals surface area contributed by atoms with Gasteiger partial charge in [0.2, 0.25) is 0 Å². The van der Waals surface area contributed by atoms with Gasteiger partial charge in [0.05, 0.1) is 25.4 Å². The third kappa shape index (κ3) is 17.2. The van der Waals surface area contributed by atoms with E-state index in [1.165, 1.54) is 18.6 Å². The van der Waals surface area contributed by atoms with Gasteiger partial charge in [-0.1, -0.05) is 6.42 Å². The molecule has 0 spiro atoms. The molecule has 304 valence electrons. The molecule has 1 saturated heterocycles. The average molecular weight is 778 g/mol. The predicted octanol–water partition coefficient (Wildman–Crippen LogP) is 1.74. The van der Waals surface area contributed by atoms with Gasteiger partial charge in [0, 0.05) is 67.0 Å². The Kier molecular flexibility index (Phi) is 21.8. The molecule has 0 radical (unpaired) electrons.